The van der Waals surface area contributed by atoms with Crippen LogP contribution in [0.5, 0.6) is 0 Å². The smallest absolute Gasteiger partial charge is 0.282 e. The summed E-state index contributed by atoms with van der Waals surface area (Å²) in [5, 5.41) is 2.35. The van der Waals surface area contributed by atoms with Gasteiger partial charge in [-0.15, -0.1) is 0 Å². The Kier molecular flexibility index (Phi) is 4.68. The molecule has 7 nitrogen and oxygen atoms in total. The van der Waals surface area contributed by atoms with Crippen LogP contribution < -0.4 is 0 Å². The zero-order valence-electron chi connectivity index (χ0n) is 10.6. The second kappa shape index (κ2) is 6.33. The van der Waals surface area contributed by atoms with Crippen LogP contribution in [-0.4, -0.2) is 19.9 Å². The minimum absolute atomic E-state index is 0.0567. The van der Waals surface area contributed by atoms with Gasteiger partial charge in [0.1, 0.15) is 5.03 Å². The molecule has 1 aliphatic carbocycles. The van der Waals surface area contributed by atoms with Crippen LogP contribution in [0.2, 0.25) is 0 Å². The van der Waals surface area contributed by atoms with E-state index < -0.39 is 20.8 Å². The molecular weight excluding hydrogens is 351 g/mol. The van der Waals surface area contributed by atoms with Gasteiger partial charge >= 0.3 is 0 Å². The lowest BCUT2D eigenvalue weighted by molar-refractivity contribution is -0.111. The van der Waals surface area contributed by atoms with E-state index in [1.165, 1.54) is 24.3 Å². The summed E-state index contributed by atoms with van der Waals surface area (Å²) in [6, 6.07) is 7.41. The minimum Gasteiger partial charge on any atom is -0.288 e. The number of ketones is 1. The molecule has 0 unspecified atom stereocenters. The quantitative estimate of drug-likeness (QED) is 0.358. The number of allylic oxidation sites excluding steroid dienone is 3. The van der Waals surface area contributed by atoms with E-state index >= 15 is 0 Å². The summed E-state index contributed by atoms with van der Waals surface area (Å²) >= 11 is 11.6. The Morgan fingerprint density at radius 1 is 1.09 bits per heavy atom. The fourth-order valence-corrected chi connectivity index (χ4v) is 2.98. The van der Waals surface area contributed by atoms with E-state index in [1.807, 2.05) is 0 Å². The first-order valence-electron chi connectivity index (χ1n) is 5.64. The fraction of sp³-hybridized carbons (Fsp3) is 0. The van der Waals surface area contributed by atoms with Gasteiger partial charge in [-0.3, -0.25) is 4.79 Å². The van der Waals surface area contributed by atoms with Crippen molar-refractivity contribution in [2.24, 2.45) is 9.51 Å². The van der Waals surface area contributed by atoms with Gasteiger partial charge in [0.25, 0.3) is 10.0 Å². The first-order valence-corrected chi connectivity index (χ1v) is 7.83. The standard InChI is InChI=1S/C12H6Cl2N4O3S/c13-10-8(6-9(16-18-15)12(19)11(10)14)17-22(20,21)7-4-2-1-3-5-7/h1-6H. The molecule has 0 amide bonds. The molecule has 1 aromatic rings. The minimum atomic E-state index is -4.05. The van der Waals surface area contributed by atoms with Gasteiger partial charge < -0.3 is 0 Å². The van der Waals surface area contributed by atoms with Gasteiger partial charge in [0.15, 0.2) is 0 Å². The topological polar surface area (TPSA) is 112 Å². The Hall–Kier alpha value is -2.12. The summed E-state index contributed by atoms with van der Waals surface area (Å²) in [5.74, 6) is -0.805. The maximum absolute atomic E-state index is 12.2. The van der Waals surface area contributed by atoms with E-state index in [0.29, 0.717) is 0 Å². The van der Waals surface area contributed by atoms with Crippen molar-refractivity contribution in [3.63, 3.8) is 0 Å². The Morgan fingerprint density at radius 3 is 2.32 bits per heavy atom. The zero-order valence-corrected chi connectivity index (χ0v) is 13.0. The number of sulfonamides is 1. The van der Waals surface area contributed by atoms with Crippen LogP contribution in [0.4, 0.5) is 0 Å². The van der Waals surface area contributed by atoms with Crippen LogP contribution in [-0.2, 0) is 14.8 Å². The van der Waals surface area contributed by atoms with Crippen LogP contribution in [0, 0.1) is 0 Å². The molecule has 0 aromatic heterocycles. The highest BCUT2D eigenvalue weighted by molar-refractivity contribution is 7.90. The van der Waals surface area contributed by atoms with Gasteiger partial charge in [0, 0.05) is 4.91 Å². The molecule has 2 rings (SSSR count). The van der Waals surface area contributed by atoms with E-state index in [1.54, 1.807) is 6.07 Å². The molecule has 112 valence electrons. The van der Waals surface area contributed by atoms with Gasteiger partial charge in [0.05, 0.1) is 21.3 Å². The predicted octanol–water partition coefficient (Wildman–Crippen LogP) is 3.28. The number of azide groups is 1. The van der Waals surface area contributed by atoms with Crippen molar-refractivity contribution >= 4 is 44.7 Å². The van der Waals surface area contributed by atoms with Gasteiger partial charge in [0.2, 0.25) is 5.78 Å². The molecule has 1 aromatic carbocycles. The van der Waals surface area contributed by atoms with Crippen molar-refractivity contribution in [2.45, 2.75) is 4.90 Å². The number of benzene rings is 1. The summed E-state index contributed by atoms with van der Waals surface area (Å²) < 4.78 is 27.9. The Bertz CT molecular complexity index is 882. The molecule has 0 spiro atoms. The monoisotopic (exact) mass is 356 g/mol. The first-order chi connectivity index (χ1) is 10.4. The van der Waals surface area contributed by atoms with Crippen molar-refractivity contribution < 1.29 is 13.2 Å². The van der Waals surface area contributed by atoms with Gasteiger partial charge in [-0.1, -0.05) is 46.5 Å². The predicted molar refractivity (Wildman–Crippen MR) is 82.0 cm³/mol. The SMILES string of the molecule is [N-]=[N+]=NC1=CC(=NS(=O)(=O)c2ccccc2)C(Cl)=C(Cl)C1=O. The summed E-state index contributed by atoms with van der Waals surface area (Å²) in [6.45, 7) is 0. The maximum atomic E-state index is 12.2. The third-order valence-corrected chi connectivity index (χ3v) is 4.68. The van der Waals surface area contributed by atoms with Gasteiger partial charge in [-0.05, 0) is 23.7 Å². The number of nitrogens with zero attached hydrogens (tertiary/aromatic N) is 4. The lowest BCUT2D eigenvalue weighted by Crippen LogP contribution is -2.15. The average molecular weight is 357 g/mol. The van der Waals surface area contributed by atoms with E-state index in [-0.39, 0.29) is 21.3 Å². The molecule has 0 heterocycles. The largest absolute Gasteiger partial charge is 0.288 e. The van der Waals surface area contributed by atoms with Crippen molar-refractivity contribution in [2.75, 3.05) is 0 Å². The second-order valence-electron chi connectivity index (χ2n) is 3.94. The number of halogens is 2. The van der Waals surface area contributed by atoms with Crippen LogP contribution in [0.25, 0.3) is 10.4 Å². The third-order valence-electron chi connectivity index (χ3n) is 2.54. The molecule has 0 saturated heterocycles. The highest BCUT2D eigenvalue weighted by Gasteiger charge is 2.26. The lowest BCUT2D eigenvalue weighted by atomic mass is 10.1. The number of Topliss-reactive ketones (excluding diaryl/α,β-unsaturated/α-hetero) is 1. The van der Waals surface area contributed by atoms with E-state index in [2.05, 4.69) is 14.4 Å². The lowest BCUT2D eigenvalue weighted by Gasteiger charge is -2.10. The van der Waals surface area contributed by atoms with E-state index in [9.17, 15) is 13.2 Å². The Balaban J connectivity index is 2.59. The number of carbonyl (C=O) groups excluding carboxylic acids is 1. The molecule has 0 radical (unpaired) electrons. The van der Waals surface area contributed by atoms with Crippen molar-refractivity contribution in [3.8, 4) is 0 Å². The number of hydrogen-bond donors (Lipinski definition) is 0. The summed E-state index contributed by atoms with van der Waals surface area (Å²) in [6.07, 6.45) is 0.969. The van der Waals surface area contributed by atoms with Crippen LogP contribution in [0.1, 0.15) is 0 Å². The van der Waals surface area contributed by atoms with Gasteiger partial charge in [-0.2, -0.15) is 12.8 Å². The zero-order chi connectivity index (χ0) is 16.3. The Labute approximate surface area is 135 Å². The number of hydrogen-bond acceptors (Lipinski definition) is 4. The molecule has 0 fully saturated rings. The molecule has 0 aliphatic heterocycles. The number of rotatable bonds is 3. The molecule has 0 atom stereocenters. The Morgan fingerprint density at radius 2 is 1.73 bits per heavy atom. The molecule has 10 heteroatoms. The summed E-state index contributed by atoms with van der Waals surface area (Å²) in [5.41, 5.74) is 7.73. The van der Waals surface area contributed by atoms with Crippen molar-refractivity contribution in [1.82, 2.24) is 0 Å². The molecule has 0 N–H and O–H groups in total. The van der Waals surface area contributed by atoms with Crippen LogP contribution in [0.3, 0.4) is 0 Å². The molecule has 22 heavy (non-hydrogen) atoms. The van der Waals surface area contributed by atoms with E-state index in [0.717, 1.165) is 6.08 Å². The van der Waals surface area contributed by atoms with Crippen LogP contribution >= 0.6 is 23.2 Å². The average Bonchev–Trinajstić information content (AvgIpc) is 2.51. The molecule has 0 bridgehead atoms. The summed E-state index contributed by atoms with van der Waals surface area (Å²) in [4.78, 5) is 14.1. The first kappa shape index (κ1) is 16.3. The fourth-order valence-electron chi connectivity index (χ4n) is 1.55. The third kappa shape index (κ3) is 3.20. The second-order valence-corrected chi connectivity index (χ2v) is 6.30. The van der Waals surface area contributed by atoms with Crippen LogP contribution in [0.15, 0.2) is 66.6 Å². The normalized spacial score (nSPS) is 17.3. The molecule has 1 aliphatic rings. The summed E-state index contributed by atoms with van der Waals surface area (Å²) in [7, 11) is -4.05. The van der Waals surface area contributed by atoms with Crippen molar-refractivity contribution in [3.05, 3.63) is 62.6 Å². The number of carbonyl (C=O) groups is 1. The maximum Gasteiger partial charge on any atom is 0.282 e. The highest BCUT2D eigenvalue weighted by Crippen LogP contribution is 2.27. The molecule has 0 saturated carbocycles. The van der Waals surface area contributed by atoms with E-state index in [4.69, 9.17) is 28.7 Å². The van der Waals surface area contributed by atoms with Crippen molar-refractivity contribution in [1.29, 1.82) is 0 Å². The highest BCUT2D eigenvalue weighted by atomic mass is 35.5. The molecular formula is C12H6Cl2N4O3S. The van der Waals surface area contributed by atoms with Gasteiger partial charge in [-0.25, -0.2) is 0 Å².